The van der Waals surface area contributed by atoms with Crippen molar-refractivity contribution in [2.75, 3.05) is 26.2 Å². The highest BCUT2D eigenvalue weighted by Crippen LogP contribution is 2.15. The van der Waals surface area contributed by atoms with Gasteiger partial charge in [-0.15, -0.1) is 24.8 Å². The number of rotatable bonds is 8. The highest BCUT2D eigenvalue weighted by molar-refractivity contribution is 5.85. The fourth-order valence-electron chi connectivity index (χ4n) is 2.63. The highest BCUT2D eigenvalue weighted by Gasteiger charge is 2.15. The summed E-state index contributed by atoms with van der Waals surface area (Å²) in [5.41, 5.74) is 5.63. The van der Waals surface area contributed by atoms with E-state index >= 15 is 0 Å². The van der Waals surface area contributed by atoms with Gasteiger partial charge in [0.2, 0.25) is 5.91 Å². The number of nitrogens with zero attached hydrogens (tertiary/aromatic N) is 1. The molecular weight excluding hydrogens is 309 g/mol. The van der Waals surface area contributed by atoms with Crippen molar-refractivity contribution < 1.29 is 4.79 Å². The minimum Gasteiger partial charge on any atom is -0.356 e. The molecule has 2 atom stereocenters. The smallest absolute Gasteiger partial charge is 0.220 e. The fraction of sp³-hybridized carbons (Fsp3) is 0.933. The van der Waals surface area contributed by atoms with Gasteiger partial charge in [0, 0.05) is 25.6 Å². The van der Waals surface area contributed by atoms with Crippen LogP contribution in [0.5, 0.6) is 0 Å². The number of hydrogen-bond donors (Lipinski definition) is 2. The number of piperidine rings is 1. The van der Waals surface area contributed by atoms with Crippen LogP contribution >= 0.6 is 24.8 Å². The van der Waals surface area contributed by atoms with Crippen LogP contribution in [0.15, 0.2) is 0 Å². The lowest BCUT2D eigenvalue weighted by Gasteiger charge is -2.30. The zero-order chi connectivity index (χ0) is 14.1. The van der Waals surface area contributed by atoms with E-state index in [9.17, 15) is 4.79 Å². The van der Waals surface area contributed by atoms with Gasteiger partial charge < -0.3 is 16.0 Å². The van der Waals surface area contributed by atoms with Crippen molar-refractivity contribution in [1.82, 2.24) is 10.2 Å². The maximum absolute atomic E-state index is 11.5. The zero-order valence-corrected chi connectivity index (χ0v) is 15.1. The van der Waals surface area contributed by atoms with Crippen molar-refractivity contribution in [3.05, 3.63) is 0 Å². The fourth-order valence-corrected chi connectivity index (χ4v) is 2.63. The van der Waals surface area contributed by atoms with Crippen LogP contribution in [0.1, 0.15) is 52.4 Å². The van der Waals surface area contributed by atoms with Crippen LogP contribution in [-0.2, 0) is 4.79 Å². The summed E-state index contributed by atoms with van der Waals surface area (Å²) in [7, 11) is 0. The lowest BCUT2D eigenvalue weighted by Crippen LogP contribution is -2.35. The summed E-state index contributed by atoms with van der Waals surface area (Å²) in [6.45, 7) is 8.77. The first kappa shape index (κ1) is 23.2. The van der Waals surface area contributed by atoms with Crippen LogP contribution in [0.25, 0.3) is 0 Å². The molecule has 1 aliphatic heterocycles. The molecule has 4 nitrogen and oxygen atoms in total. The van der Waals surface area contributed by atoms with E-state index in [-0.39, 0.29) is 36.8 Å². The second-order valence-corrected chi connectivity index (χ2v) is 6.12. The van der Waals surface area contributed by atoms with Gasteiger partial charge in [-0.1, -0.05) is 6.92 Å². The summed E-state index contributed by atoms with van der Waals surface area (Å²) in [6, 6.07) is 0.117. The Morgan fingerprint density at radius 3 is 2.71 bits per heavy atom. The molecule has 0 aromatic carbocycles. The SMILES string of the molecule is CC(N)CCC(=O)NCCCCN1CCCC(C)C1.Cl.Cl. The van der Waals surface area contributed by atoms with E-state index < -0.39 is 0 Å². The average molecular weight is 342 g/mol. The maximum atomic E-state index is 11.5. The number of unbranched alkanes of at least 4 members (excludes halogenated alkanes) is 1. The monoisotopic (exact) mass is 341 g/mol. The van der Waals surface area contributed by atoms with Gasteiger partial charge in [0.15, 0.2) is 0 Å². The number of nitrogens with two attached hydrogens (primary N) is 1. The quantitative estimate of drug-likeness (QED) is 0.667. The summed E-state index contributed by atoms with van der Waals surface area (Å²) < 4.78 is 0. The van der Waals surface area contributed by atoms with Gasteiger partial charge in [-0.2, -0.15) is 0 Å². The molecular formula is C15H33Cl2N3O. The number of carbonyl (C=O) groups excluding carboxylic acids is 1. The molecule has 128 valence electrons. The molecule has 0 saturated carbocycles. The van der Waals surface area contributed by atoms with E-state index in [2.05, 4.69) is 17.1 Å². The molecule has 1 saturated heterocycles. The Hall–Kier alpha value is -0.0300. The molecule has 1 heterocycles. The van der Waals surface area contributed by atoms with Crippen molar-refractivity contribution >= 4 is 30.7 Å². The zero-order valence-electron chi connectivity index (χ0n) is 13.5. The van der Waals surface area contributed by atoms with Gasteiger partial charge in [-0.05, 0) is 58.0 Å². The van der Waals surface area contributed by atoms with Gasteiger partial charge in [-0.3, -0.25) is 4.79 Å². The molecule has 0 spiro atoms. The molecule has 2 unspecified atom stereocenters. The van der Waals surface area contributed by atoms with Crippen LogP contribution < -0.4 is 11.1 Å². The van der Waals surface area contributed by atoms with Crippen molar-refractivity contribution in [2.24, 2.45) is 11.7 Å². The Labute approximate surface area is 142 Å². The molecule has 0 aromatic rings. The molecule has 1 fully saturated rings. The predicted molar refractivity (Wildman–Crippen MR) is 94.5 cm³/mol. The molecule has 0 aromatic heterocycles. The number of likely N-dealkylation sites (tertiary alicyclic amines) is 1. The highest BCUT2D eigenvalue weighted by atomic mass is 35.5. The van der Waals surface area contributed by atoms with Crippen LogP contribution in [-0.4, -0.2) is 43.0 Å². The Balaban J connectivity index is 0. The predicted octanol–water partition coefficient (Wildman–Crippen LogP) is 2.59. The summed E-state index contributed by atoms with van der Waals surface area (Å²) in [4.78, 5) is 14.0. The van der Waals surface area contributed by atoms with Gasteiger partial charge >= 0.3 is 0 Å². The maximum Gasteiger partial charge on any atom is 0.220 e. The number of amides is 1. The molecule has 0 aliphatic carbocycles. The van der Waals surface area contributed by atoms with Gasteiger partial charge in [0.05, 0.1) is 0 Å². The van der Waals surface area contributed by atoms with Crippen molar-refractivity contribution in [3.8, 4) is 0 Å². The Bertz CT molecular complexity index is 265. The standard InChI is InChI=1S/C15H31N3O.2ClH/c1-13-6-5-11-18(12-13)10-4-3-9-17-15(19)8-7-14(2)16;;/h13-14H,3-12,16H2,1-2H3,(H,17,19);2*1H. The number of hydrogen-bond acceptors (Lipinski definition) is 3. The van der Waals surface area contributed by atoms with Crippen LogP contribution in [0, 0.1) is 5.92 Å². The number of nitrogens with one attached hydrogen (secondary N) is 1. The van der Waals surface area contributed by atoms with Crippen molar-refractivity contribution in [1.29, 1.82) is 0 Å². The van der Waals surface area contributed by atoms with Crippen molar-refractivity contribution in [2.45, 2.75) is 58.4 Å². The molecule has 0 radical (unpaired) electrons. The first-order valence-electron chi connectivity index (χ1n) is 7.82. The lowest BCUT2D eigenvalue weighted by atomic mass is 10.0. The van der Waals surface area contributed by atoms with E-state index in [1.165, 1.54) is 38.9 Å². The molecule has 1 aliphatic rings. The molecule has 6 heteroatoms. The normalized spacial score (nSPS) is 20.0. The summed E-state index contributed by atoms with van der Waals surface area (Å²) in [5, 5.41) is 2.97. The lowest BCUT2D eigenvalue weighted by molar-refractivity contribution is -0.121. The molecule has 1 amide bonds. The van der Waals surface area contributed by atoms with E-state index in [0.717, 1.165) is 25.3 Å². The Kier molecular flexibility index (Phi) is 15.1. The van der Waals surface area contributed by atoms with E-state index in [1.807, 2.05) is 6.92 Å². The number of carbonyl (C=O) groups is 1. The third-order valence-electron chi connectivity index (χ3n) is 3.79. The summed E-state index contributed by atoms with van der Waals surface area (Å²) in [6.07, 6.45) is 6.31. The minimum atomic E-state index is 0. The topological polar surface area (TPSA) is 58.4 Å². The second-order valence-electron chi connectivity index (χ2n) is 6.12. The van der Waals surface area contributed by atoms with Crippen LogP contribution in [0.3, 0.4) is 0 Å². The van der Waals surface area contributed by atoms with Crippen molar-refractivity contribution in [3.63, 3.8) is 0 Å². The summed E-state index contributed by atoms with van der Waals surface area (Å²) in [5.74, 6) is 0.996. The largest absolute Gasteiger partial charge is 0.356 e. The Morgan fingerprint density at radius 2 is 2.10 bits per heavy atom. The minimum absolute atomic E-state index is 0. The number of halogens is 2. The third kappa shape index (κ3) is 12.2. The van der Waals surface area contributed by atoms with E-state index in [1.54, 1.807) is 0 Å². The van der Waals surface area contributed by atoms with Crippen LogP contribution in [0.4, 0.5) is 0 Å². The van der Waals surface area contributed by atoms with Gasteiger partial charge in [0.25, 0.3) is 0 Å². The van der Waals surface area contributed by atoms with E-state index in [4.69, 9.17) is 5.73 Å². The van der Waals surface area contributed by atoms with Gasteiger partial charge in [-0.25, -0.2) is 0 Å². The Morgan fingerprint density at radius 1 is 1.38 bits per heavy atom. The first-order chi connectivity index (χ1) is 9.08. The average Bonchev–Trinajstić information content (AvgIpc) is 2.36. The molecule has 21 heavy (non-hydrogen) atoms. The van der Waals surface area contributed by atoms with Crippen LogP contribution in [0.2, 0.25) is 0 Å². The second kappa shape index (κ2) is 13.6. The van der Waals surface area contributed by atoms with Gasteiger partial charge in [0.1, 0.15) is 0 Å². The first-order valence-corrected chi connectivity index (χ1v) is 7.82. The third-order valence-corrected chi connectivity index (χ3v) is 3.79. The van der Waals surface area contributed by atoms with E-state index in [0.29, 0.717) is 6.42 Å². The molecule has 1 rings (SSSR count). The molecule has 0 bridgehead atoms. The summed E-state index contributed by atoms with van der Waals surface area (Å²) >= 11 is 0. The molecule has 3 N–H and O–H groups in total.